The third-order valence-corrected chi connectivity index (χ3v) is 6.23. The highest BCUT2D eigenvalue weighted by atomic mass is 32.2. The second-order valence-electron chi connectivity index (χ2n) is 8.04. The van der Waals surface area contributed by atoms with E-state index in [1.165, 1.54) is 19.2 Å². The van der Waals surface area contributed by atoms with Gasteiger partial charge in [0.25, 0.3) is 0 Å². The summed E-state index contributed by atoms with van der Waals surface area (Å²) in [5.41, 5.74) is 2.14. The molecule has 10 heteroatoms. The zero-order chi connectivity index (χ0) is 23.6. The van der Waals surface area contributed by atoms with Crippen LogP contribution >= 0.6 is 0 Å². The SMILES string of the molecule is CC(C)c1nc(N(C)S(C)(=O)=O)nc(-c2ccc(F)cc2)c1C=C[C@@H]1C[C@@H](O)CC(=O)O1. The molecule has 2 heterocycles. The lowest BCUT2D eigenvalue weighted by atomic mass is 9.97. The summed E-state index contributed by atoms with van der Waals surface area (Å²) in [6, 6.07) is 5.68. The van der Waals surface area contributed by atoms with E-state index in [1.807, 2.05) is 13.8 Å². The van der Waals surface area contributed by atoms with Crippen molar-refractivity contribution in [2.45, 2.75) is 44.8 Å². The van der Waals surface area contributed by atoms with E-state index in [1.54, 1.807) is 24.3 Å². The second-order valence-corrected chi connectivity index (χ2v) is 10.1. The van der Waals surface area contributed by atoms with Crippen LogP contribution in [0.3, 0.4) is 0 Å². The van der Waals surface area contributed by atoms with Crippen LogP contribution in [0.4, 0.5) is 10.3 Å². The second kappa shape index (κ2) is 9.33. The minimum Gasteiger partial charge on any atom is -0.458 e. The van der Waals surface area contributed by atoms with Crippen LogP contribution in [-0.4, -0.2) is 55.0 Å². The minimum atomic E-state index is -3.61. The highest BCUT2D eigenvalue weighted by Gasteiger charge is 2.26. The van der Waals surface area contributed by atoms with Crippen molar-refractivity contribution < 1.29 is 27.4 Å². The van der Waals surface area contributed by atoms with Crippen molar-refractivity contribution in [1.82, 2.24) is 9.97 Å². The van der Waals surface area contributed by atoms with Gasteiger partial charge in [-0.05, 0) is 36.3 Å². The first-order chi connectivity index (χ1) is 15.0. The molecule has 0 saturated carbocycles. The number of esters is 1. The van der Waals surface area contributed by atoms with Crippen molar-refractivity contribution in [2.75, 3.05) is 17.6 Å². The number of rotatable bonds is 6. The number of sulfonamides is 1. The van der Waals surface area contributed by atoms with Crippen LogP contribution in [0.1, 0.15) is 43.9 Å². The Kier molecular flexibility index (Phi) is 6.94. The molecule has 0 amide bonds. The molecule has 2 aromatic rings. The molecule has 2 atom stereocenters. The largest absolute Gasteiger partial charge is 0.458 e. The summed E-state index contributed by atoms with van der Waals surface area (Å²) in [5.74, 6) is -1.02. The smallest absolute Gasteiger partial charge is 0.309 e. The Morgan fingerprint density at radius 3 is 2.47 bits per heavy atom. The monoisotopic (exact) mass is 463 g/mol. The van der Waals surface area contributed by atoms with Crippen molar-refractivity contribution in [2.24, 2.45) is 0 Å². The normalized spacial score (nSPS) is 19.4. The molecule has 1 aliphatic heterocycles. The van der Waals surface area contributed by atoms with Crippen LogP contribution in [0.15, 0.2) is 30.3 Å². The summed E-state index contributed by atoms with van der Waals surface area (Å²) in [4.78, 5) is 20.6. The van der Waals surface area contributed by atoms with Crippen molar-refractivity contribution >= 4 is 28.0 Å². The molecule has 0 radical (unpaired) electrons. The van der Waals surface area contributed by atoms with Gasteiger partial charge in [0.15, 0.2) is 0 Å². The Labute approximate surface area is 186 Å². The fourth-order valence-electron chi connectivity index (χ4n) is 3.33. The summed E-state index contributed by atoms with van der Waals surface area (Å²) >= 11 is 0. The van der Waals surface area contributed by atoms with Gasteiger partial charge >= 0.3 is 5.97 Å². The maximum absolute atomic E-state index is 13.5. The molecule has 0 bridgehead atoms. The van der Waals surface area contributed by atoms with Crippen LogP contribution in [0.5, 0.6) is 0 Å². The maximum atomic E-state index is 13.5. The third-order valence-electron chi connectivity index (χ3n) is 5.07. The molecule has 0 spiro atoms. The topological polar surface area (TPSA) is 110 Å². The lowest BCUT2D eigenvalue weighted by Gasteiger charge is -2.24. The van der Waals surface area contributed by atoms with Crippen molar-refractivity contribution in [1.29, 1.82) is 0 Å². The number of carbonyl (C=O) groups is 1. The average molecular weight is 464 g/mol. The van der Waals surface area contributed by atoms with Crippen molar-refractivity contribution in [3.05, 3.63) is 47.4 Å². The summed E-state index contributed by atoms with van der Waals surface area (Å²) in [5, 5.41) is 9.86. The summed E-state index contributed by atoms with van der Waals surface area (Å²) in [6.45, 7) is 3.81. The van der Waals surface area contributed by atoms with Crippen molar-refractivity contribution in [3.8, 4) is 11.3 Å². The molecule has 1 aliphatic rings. The van der Waals surface area contributed by atoms with Gasteiger partial charge in [0.1, 0.15) is 11.9 Å². The number of hydrogen-bond donors (Lipinski definition) is 1. The van der Waals surface area contributed by atoms with E-state index < -0.39 is 34.0 Å². The van der Waals surface area contributed by atoms with Gasteiger partial charge in [0.2, 0.25) is 16.0 Å². The number of cyclic esters (lactones) is 1. The lowest BCUT2D eigenvalue weighted by molar-refractivity contribution is -0.156. The molecule has 1 aromatic heterocycles. The quantitative estimate of drug-likeness (QED) is 0.656. The van der Waals surface area contributed by atoms with Crippen LogP contribution < -0.4 is 4.31 Å². The fourth-order valence-corrected chi connectivity index (χ4v) is 3.70. The standard InChI is InChI=1S/C22H26FN3O5S/c1-13(2)20-18(10-9-17-11-16(27)12-19(28)31-17)21(14-5-7-15(23)8-6-14)25-22(24-20)26(3)32(4,29)30/h5-10,13,16-17,27H,11-12H2,1-4H3/t16-,17-/m1/s1. The summed E-state index contributed by atoms with van der Waals surface area (Å²) < 4.78 is 44.0. The number of halogens is 1. The minimum absolute atomic E-state index is 0.00723. The Morgan fingerprint density at radius 1 is 1.25 bits per heavy atom. The highest BCUT2D eigenvalue weighted by molar-refractivity contribution is 7.92. The number of anilines is 1. The van der Waals surface area contributed by atoms with Gasteiger partial charge in [-0.15, -0.1) is 0 Å². The predicted octanol–water partition coefficient (Wildman–Crippen LogP) is 2.88. The van der Waals surface area contributed by atoms with Gasteiger partial charge in [-0.25, -0.2) is 27.1 Å². The first-order valence-electron chi connectivity index (χ1n) is 10.1. The average Bonchev–Trinajstić information content (AvgIpc) is 2.70. The molecule has 1 saturated heterocycles. The van der Waals surface area contributed by atoms with Gasteiger partial charge in [0.05, 0.1) is 30.2 Å². The Balaban J connectivity index is 2.17. The van der Waals surface area contributed by atoms with Gasteiger partial charge in [-0.2, -0.15) is 0 Å². The number of aromatic nitrogens is 2. The fraction of sp³-hybridized carbons (Fsp3) is 0.409. The van der Waals surface area contributed by atoms with Crippen LogP contribution in [0, 0.1) is 5.82 Å². The molecule has 1 N–H and O–H groups in total. The first-order valence-corrected chi connectivity index (χ1v) is 12.0. The van der Waals surface area contributed by atoms with E-state index in [4.69, 9.17) is 4.74 Å². The van der Waals surface area contributed by atoms with Crippen LogP contribution in [0.25, 0.3) is 17.3 Å². The molecule has 0 aliphatic carbocycles. The van der Waals surface area contributed by atoms with E-state index in [-0.39, 0.29) is 24.7 Å². The van der Waals surface area contributed by atoms with Crippen LogP contribution in [0.2, 0.25) is 0 Å². The highest BCUT2D eigenvalue weighted by Crippen LogP contribution is 2.32. The van der Waals surface area contributed by atoms with E-state index in [0.717, 1.165) is 10.6 Å². The number of benzene rings is 1. The maximum Gasteiger partial charge on any atom is 0.309 e. The number of nitrogens with zero attached hydrogens (tertiary/aromatic N) is 3. The van der Waals surface area contributed by atoms with E-state index in [0.29, 0.717) is 22.5 Å². The van der Waals surface area contributed by atoms with E-state index in [9.17, 15) is 22.7 Å². The molecule has 3 rings (SSSR count). The van der Waals surface area contributed by atoms with Gasteiger partial charge in [-0.1, -0.05) is 19.9 Å². The Hall–Kier alpha value is -2.85. The third kappa shape index (κ3) is 5.49. The molecular weight excluding hydrogens is 437 g/mol. The Bertz CT molecular complexity index is 1130. The lowest BCUT2D eigenvalue weighted by Crippen LogP contribution is -2.31. The predicted molar refractivity (Wildman–Crippen MR) is 119 cm³/mol. The molecule has 32 heavy (non-hydrogen) atoms. The first kappa shape index (κ1) is 23.8. The molecule has 0 unspecified atom stereocenters. The zero-order valence-electron chi connectivity index (χ0n) is 18.3. The molecule has 1 aromatic carbocycles. The van der Waals surface area contributed by atoms with Gasteiger partial charge in [-0.3, -0.25) is 4.79 Å². The zero-order valence-corrected chi connectivity index (χ0v) is 19.1. The van der Waals surface area contributed by atoms with Gasteiger partial charge < -0.3 is 9.84 Å². The van der Waals surface area contributed by atoms with Gasteiger partial charge in [0, 0.05) is 24.6 Å². The van der Waals surface area contributed by atoms with E-state index >= 15 is 0 Å². The van der Waals surface area contributed by atoms with E-state index in [2.05, 4.69) is 9.97 Å². The van der Waals surface area contributed by atoms with Crippen molar-refractivity contribution in [3.63, 3.8) is 0 Å². The Morgan fingerprint density at radius 2 is 1.91 bits per heavy atom. The summed E-state index contributed by atoms with van der Waals surface area (Å²) in [6.07, 6.45) is 3.23. The summed E-state index contributed by atoms with van der Waals surface area (Å²) in [7, 11) is -2.25. The molecule has 8 nitrogen and oxygen atoms in total. The molecule has 172 valence electrons. The molecular formula is C22H26FN3O5S. The van der Waals surface area contributed by atoms with Crippen LogP contribution in [-0.2, 0) is 19.6 Å². The molecule has 1 fully saturated rings. The number of aliphatic hydroxyl groups is 1. The number of carbonyl (C=O) groups excluding carboxylic acids is 1. The number of ether oxygens (including phenoxy) is 1. The number of aliphatic hydroxyl groups excluding tert-OH is 1. The number of hydrogen-bond acceptors (Lipinski definition) is 7.